The summed E-state index contributed by atoms with van der Waals surface area (Å²) in [6.45, 7) is 4.59. The summed E-state index contributed by atoms with van der Waals surface area (Å²) >= 11 is 0. The molecule has 0 aliphatic rings. The molecule has 0 aliphatic carbocycles. The fourth-order valence-corrected chi connectivity index (χ4v) is 1.97. The monoisotopic (exact) mass is 231 g/mol. The van der Waals surface area contributed by atoms with Crippen molar-refractivity contribution in [3.8, 4) is 11.3 Å². The number of aryl methyl sites for hydroxylation is 2. The van der Waals surface area contributed by atoms with Gasteiger partial charge in [0.15, 0.2) is 0 Å². The molecule has 0 saturated heterocycles. The van der Waals surface area contributed by atoms with Crippen molar-refractivity contribution in [1.29, 1.82) is 0 Å². The molecule has 0 spiro atoms. The van der Waals surface area contributed by atoms with Gasteiger partial charge in [0.05, 0.1) is 18.8 Å². The Hall–Kier alpha value is -1.81. The molecule has 2 rings (SSSR count). The maximum atomic E-state index is 8.90. The molecular formula is C13H17N3O. The number of anilines is 1. The molecule has 3 N–H and O–H groups in total. The lowest BCUT2D eigenvalue weighted by molar-refractivity contribution is 0.270. The molecule has 0 radical (unpaired) electrons. The third-order valence-electron chi connectivity index (χ3n) is 2.64. The standard InChI is InChI=1S/C13H17N3O/c1-9-5-10(2)7-11(6-9)12-8-13(14)16(15-12)3-4-17/h5-8,17H,3-4,14H2,1-2H3. The summed E-state index contributed by atoms with van der Waals surface area (Å²) in [5, 5.41) is 13.3. The number of aromatic nitrogens is 2. The predicted octanol–water partition coefficient (Wildman–Crippen LogP) is 1.74. The molecule has 4 nitrogen and oxygen atoms in total. The number of aliphatic hydroxyl groups excluding tert-OH is 1. The summed E-state index contributed by atoms with van der Waals surface area (Å²) in [5.41, 5.74) is 10.1. The van der Waals surface area contributed by atoms with Crippen molar-refractivity contribution >= 4 is 5.82 Å². The minimum absolute atomic E-state index is 0.0398. The fraction of sp³-hybridized carbons (Fsp3) is 0.308. The highest BCUT2D eigenvalue weighted by Crippen LogP contribution is 2.22. The van der Waals surface area contributed by atoms with Gasteiger partial charge in [-0.1, -0.05) is 17.2 Å². The van der Waals surface area contributed by atoms with Gasteiger partial charge in [-0.05, 0) is 26.0 Å². The summed E-state index contributed by atoms with van der Waals surface area (Å²) < 4.78 is 1.62. The highest BCUT2D eigenvalue weighted by molar-refractivity contribution is 5.64. The maximum absolute atomic E-state index is 8.90. The van der Waals surface area contributed by atoms with Gasteiger partial charge in [0.2, 0.25) is 0 Å². The summed E-state index contributed by atoms with van der Waals surface area (Å²) in [6, 6.07) is 8.12. The zero-order valence-electron chi connectivity index (χ0n) is 10.1. The van der Waals surface area contributed by atoms with Gasteiger partial charge in [-0.15, -0.1) is 0 Å². The highest BCUT2D eigenvalue weighted by atomic mass is 16.3. The van der Waals surface area contributed by atoms with Gasteiger partial charge >= 0.3 is 0 Å². The van der Waals surface area contributed by atoms with Crippen LogP contribution < -0.4 is 5.73 Å². The van der Waals surface area contributed by atoms with Crippen molar-refractivity contribution in [3.63, 3.8) is 0 Å². The lowest BCUT2D eigenvalue weighted by atomic mass is 10.1. The van der Waals surface area contributed by atoms with Crippen LogP contribution in [0.3, 0.4) is 0 Å². The fourth-order valence-electron chi connectivity index (χ4n) is 1.97. The summed E-state index contributed by atoms with van der Waals surface area (Å²) in [4.78, 5) is 0. The largest absolute Gasteiger partial charge is 0.394 e. The first-order chi connectivity index (χ1) is 8.10. The first-order valence-electron chi connectivity index (χ1n) is 5.63. The predicted molar refractivity (Wildman–Crippen MR) is 68.6 cm³/mol. The molecule has 0 unspecified atom stereocenters. The van der Waals surface area contributed by atoms with E-state index in [0.29, 0.717) is 12.4 Å². The number of nitrogens with zero attached hydrogens (tertiary/aromatic N) is 2. The van der Waals surface area contributed by atoms with E-state index in [2.05, 4.69) is 37.1 Å². The first kappa shape index (κ1) is 11.7. The maximum Gasteiger partial charge on any atom is 0.122 e. The summed E-state index contributed by atoms with van der Waals surface area (Å²) in [7, 11) is 0. The molecule has 0 aliphatic heterocycles. The van der Waals surface area contributed by atoms with Crippen molar-refractivity contribution in [1.82, 2.24) is 9.78 Å². The van der Waals surface area contributed by atoms with Gasteiger partial charge in [0, 0.05) is 11.6 Å². The van der Waals surface area contributed by atoms with E-state index in [1.165, 1.54) is 11.1 Å². The van der Waals surface area contributed by atoms with Crippen LogP contribution in [-0.4, -0.2) is 21.5 Å². The Labute approximate surface area is 101 Å². The smallest absolute Gasteiger partial charge is 0.122 e. The SMILES string of the molecule is Cc1cc(C)cc(-c2cc(N)n(CCO)n2)c1. The molecule has 0 atom stereocenters. The molecule has 0 saturated carbocycles. The zero-order valence-corrected chi connectivity index (χ0v) is 10.1. The second kappa shape index (κ2) is 4.59. The van der Waals surface area contributed by atoms with E-state index >= 15 is 0 Å². The van der Waals surface area contributed by atoms with Crippen LogP contribution in [0.2, 0.25) is 0 Å². The van der Waals surface area contributed by atoms with E-state index in [0.717, 1.165) is 11.3 Å². The van der Waals surface area contributed by atoms with Crippen LogP contribution in [0.4, 0.5) is 5.82 Å². The van der Waals surface area contributed by atoms with Gasteiger partial charge in [-0.3, -0.25) is 0 Å². The van der Waals surface area contributed by atoms with Crippen LogP contribution in [-0.2, 0) is 6.54 Å². The van der Waals surface area contributed by atoms with Gasteiger partial charge in [-0.2, -0.15) is 5.10 Å². The summed E-state index contributed by atoms with van der Waals surface area (Å²) in [6.07, 6.45) is 0. The van der Waals surface area contributed by atoms with Crippen LogP contribution in [0, 0.1) is 13.8 Å². The van der Waals surface area contributed by atoms with E-state index in [1.807, 2.05) is 6.07 Å². The van der Waals surface area contributed by atoms with E-state index in [1.54, 1.807) is 4.68 Å². The second-order valence-electron chi connectivity index (χ2n) is 4.28. The van der Waals surface area contributed by atoms with Gasteiger partial charge in [-0.25, -0.2) is 4.68 Å². The van der Waals surface area contributed by atoms with Crippen LogP contribution in [0.15, 0.2) is 24.3 Å². The van der Waals surface area contributed by atoms with Gasteiger partial charge in [0.1, 0.15) is 5.82 Å². The minimum Gasteiger partial charge on any atom is -0.394 e. The average molecular weight is 231 g/mol. The van der Waals surface area contributed by atoms with Crippen molar-refractivity contribution in [2.45, 2.75) is 20.4 Å². The number of aliphatic hydroxyl groups is 1. The number of hydrogen-bond donors (Lipinski definition) is 2. The molecule has 0 amide bonds. The Kier molecular flexibility index (Phi) is 3.15. The van der Waals surface area contributed by atoms with Crippen LogP contribution in [0.25, 0.3) is 11.3 Å². The lowest BCUT2D eigenvalue weighted by Crippen LogP contribution is -2.07. The second-order valence-corrected chi connectivity index (χ2v) is 4.28. The normalized spacial score (nSPS) is 10.8. The third kappa shape index (κ3) is 2.47. The highest BCUT2D eigenvalue weighted by Gasteiger charge is 2.07. The lowest BCUT2D eigenvalue weighted by Gasteiger charge is -2.02. The molecule has 0 fully saturated rings. The Morgan fingerprint density at radius 1 is 1.18 bits per heavy atom. The quantitative estimate of drug-likeness (QED) is 0.845. The Bertz CT molecular complexity index is 511. The average Bonchev–Trinajstić information content (AvgIpc) is 2.60. The van der Waals surface area contributed by atoms with Gasteiger partial charge < -0.3 is 10.8 Å². The molecule has 4 heteroatoms. The van der Waals surface area contributed by atoms with E-state index in [4.69, 9.17) is 10.8 Å². The number of rotatable bonds is 3. The molecule has 17 heavy (non-hydrogen) atoms. The molecule has 1 aromatic heterocycles. The number of hydrogen-bond acceptors (Lipinski definition) is 3. The summed E-state index contributed by atoms with van der Waals surface area (Å²) in [5.74, 6) is 0.577. The van der Waals surface area contributed by atoms with Gasteiger partial charge in [0.25, 0.3) is 0 Å². The van der Waals surface area contributed by atoms with E-state index in [9.17, 15) is 0 Å². The molecule has 0 bridgehead atoms. The first-order valence-corrected chi connectivity index (χ1v) is 5.63. The van der Waals surface area contributed by atoms with Crippen LogP contribution >= 0.6 is 0 Å². The van der Waals surface area contributed by atoms with Crippen molar-refractivity contribution in [2.24, 2.45) is 0 Å². The van der Waals surface area contributed by atoms with Crippen LogP contribution in [0.1, 0.15) is 11.1 Å². The van der Waals surface area contributed by atoms with Crippen molar-refractivity contribution in [2.75, 3.05) is 12.3 Å². The number of nitrogens with two attached hydrogens (primary N) is 1. The van der Waals surface area contributed by atoms with E-state index in [-0.39, 0.29) is 6.61 Å². The third-order valence-corrected chi connectivity index (χ3v) is 2.64. The van der Waals surface area contributed by atoms with Crippen molar-refractivity contribution in [3.05, 3.63) is 35.4 Å². The number of nitrogen functional groups attached to an aromatic ring is 1. The molecule has 90 valence electrons. The molecule has 2 aromatic rings. The Morgan fingerprint density at radius 2 is 1.82 bits per heavy atom. The van der Waals surface area contributed by atoms with Crippen molar-refractivity contribution < 1.29 is 5.11 Å². The van der Waals surface area contributed by atoms with E-state index < -0.39 is 0 Å². The Balaban J connectivity index is 2.42. The molecule has 1 heterocycles. The number of benzene rings is 1. The topological polar surface area (TPSA) is 64.1 Å². The molecular weight excluding hydrogens is 214 g/mol. The zero-order chi connectivity index (χ0) is 12.4. The minimum atomic E-state index is 0.0398. The Morgan fingerprint density at radius 3 is 2.41 bits per heavy atom. The van der Waals surface area contributed by atoms with Crippen LogP contribution in [0.5, 0.6) is 0 Å². The molecule has 1 aromatic carbocycles.